The molecule has 12 heavy (non-hydrogen) atoms. The van der Waals surface area contributed by atoms with E-state index in [9.17, 15) is 4.79 Å². The fraction of sp³-hybridized carbons (Fsp3) is 0.889. The Kier molecular flexibility index (Phi) is 3.09. The number of hydrogen-bond donors (Lipinski definition) is 1. The van der Waals surface area contributed by atoms with Gasteiger partial charge in [0.25, 0.3) is 0 Å². The summed E-state index contributed by atoms with van der Waals surface area (Å²) in [6.45, 7) is 5.79. The summed E-state index contributed by atoms with van der Waals surface area (Å²) in [4.78, 5) is 10.3. The molecule has 1 N–H and O–H groups in total. The van der Waals surface area contributed by atoms with E-state index < -0.39 is 0 Å². The molecule has 1 fully saturated rings. The average Bonchev–Trinajstić information content (AvgIpc) is 2.06. The molecule has 0 radical (unpaired) electrons. The van der Waals surface area contributed by atoms with Gasteiger partial charge in [0.1, 0.15) is 0 Å². The van der Waals surface area contributed by atoms with Gasteiger partial charge in [-0.05, 0) is 32.6 Å². The zero-order valence-electron chi connectivity index (χ0n) is 7.80. The Morgan fingerprint density at radius 1 is 1.42 bits per heavy atom. The van der Waals surface area contributed by atoms with E-state index >= 15 is 0 Å². The van der Waals surface area contributed by atoms with Crippen LogP contribution in [-0.2, 0) is 9.53 Å². The first-order chi connectivity index (χ1) is 5.67. The average molecular weight is 171 g/mol. The van der Waals surface area contributed by atoms with Crippen molar-refractivity contribution in [1.82, 2.24) is 5.32 Å². The molecule has 1 aliphatic heterocycles. The Bertz CT molecular complexity index is 151. The molecule has 0 spiro atoms. The smallest absolute Gasteiger partial charge is 0.207 e. The number of hydrogen-bond acceptors (Lipinski definition) is 2. The van der Waals surface area contributed by atoms with Crippen LogP contribution in [0, 0.1) is 5.92 Å². The van der Waals surface area contributed by atoms with Crippen molar-refractivity contribution >= 4 is 6.41 Å². The van der Waals surface area contributed by atoms with Gasteiger partial charge in [0.05, 0.1) is 0 Å². The van der Waals surface area contributed by atoms with Gasteiger partial charge in [-0.3, -0.25) is 4.79 Å². The summed E-state index contributed by atoms with van der Waals surface area (Å²) < 4.78 is 5.26. The van der Waals surface area contributed by atoms with Crippen molar-refractivity contribution in [2.75, 3.05) is 13.2 Å². The molecular weight excluding hydrogens is 154 g/mol. The predicted octanol–water partition coefficient (Wildman–Crippen LogP) is 0.938. The second-order valence-electron chi connectivity index (χ2n) is 3.87. The number of rotatable bonds is 3. The monoisotopic (exact) mass is 171 g/mol. The van der Waals surface area contributed by atoms with E-state index in [-0.39, 0.29) is 5.54 Å². The third kappa shape index (κ3) is 2.21. The highest BCUT2D eigenvalue weighted by Gasteiger charge is 2.30. The Hall–Kier alpha value is -0.570. The van der Waals surface area contributed by atoms with Gasteiger partial charge in [0, 0.05) is 18.8 Å². The first kappa shape index (κ1) is 9.52. The Labute approximate surface area is 73.5 Å². The van der Waals surface area contributed by atoms with Gasteiger partial charge >= 0.3 is 0 Å². The summed E-state index contributed by atoms with van der Waals surface area (Å²) in [5.74, 6) is 0.552. The molecule has 0 bridgehead atoms. The molecule has 70 valence electrons. The third-order valence-electron chi connectivity index (χ3n) is 2.67. The minimum Gasteiger partial charge on any atom is -0.381 e. The van der Waals surface area contributed by atoms with Gasteiger partial charge in [-0.15, -0.1) is 0 Å². The van der Waals surface area contributed by atoms with Gasteiger partial charge in [-0.25, -0.2) is 0 Å². The van der Waals surface area contributed by atoms with E-state index in [1.807, 2.05) is 0 Å². The molecule has 3 nitrogen and oxygen atoms in total. The highest BCUT2D eigenvalue weighted by atomic mass is 16.5. The molecule has 0 aliphatic carbocycles. The zero-order chi connectivity index (χ0) is 9.03. The minimum atomic E-state index is -0.0778. The van der Waals surface area contributed by atoms with Crippen molar-refractivity contribution in [3.63, 3.8) is 0 Å². The van der Waals surface area contributed by atoms with Gasteiger partial charge in [0.2, 0.25) is 6.41 Å². The molecule has 0 atom stereocenters. The summed E-state index contributed by atoms with van der Waals surface area (Å²) >= 11 is 0. The van der Waals surface area contributed by atoms with Crippen LogP contribution in [0.3, 0.4) is 0 Å². The van der Waals surface area contributed by atoms with Gasteiger partial charge in [-0.1, -0.05) is 0 Å². The zero-order valence-corrected chi connectivity index (χ0v) is 7.80. The van der Waals surface area contributed by atoms with Crippen LogP contribution in [0.25, 0.3) is 0 Å². The first-order valence-electron chi connectivity index (χ1n) is 4.46. The second-order valence-corrected chi connectivity index (χ2v) is 3.87. The van der Waals surface area contributed by atoms with Gasteiger partial charge < -0.3 is 10.1 Å². The van der Waals surface area contributed by atoms with E-state index in [1.165, 1.54) is 0 Å². The maximum Gasteiger partial charge on any atom is 0.207 e. The van der Waals surface area contributed by atoms with Crippen molar-refractivity contribution in [1.29, 1.82) is 0 Å². The highest BCUT2D eigenvalue weighted by molar-refractivity contribution is 5.47. The highest BCUT2D eigenvalue weighted by Crippen LogP contribution is 2.26. The van der Waals surface area contributed by atoms with Crippen LogP contribution in [-0.4, -0.2) is 25.2 Å². The molecule has 1 saturated heterocycles. The van der Waals surface area contributed by atoms with Crippen LogP contribution in [0.15, 0.2) is 0 Å². The minimum absolute atomic E-state index is 0.0778. The standard InChI is InChI=1S/C9H17NO2/c1-9(2,10-7-11)8-3-5-12-6-4-8/h7-8H,3-6H2,1-2H3,(H,10,11). The molecule has 1 amide bonds. The molecule has 3 heteroatoms. The van der Waals surface area contributed by atoms with E-state index in [1.54, 1.807) is 0 Å². The number of carbonyl (C=O) groups is 1. The van der Waals surface area contributed by atoms with Crippen LogP contribution >= 0.6 is 0 Å². The molecule has 0 aromatic rings. The predicted molar refractivity (Wildman–Crippen MR) is 46.8 cm³/mol. The van der Waals surface area contributed by atoms with Crippen LogP contribution in [0.4, 0.5) is 0 Å². The number of ether oxygens (including phenoxy) is 1. The van der Waals surface area contributed by atoms with Crippen LogP contribution in [0.2, 0.25) is 0 Å². The van der Waals surface area contributed by atoms with E-state index in [2.05, 4.69) is 19.2 Å². The van der Waals surface area contributed by atoms with Crippen LogP contribution in [0.1, 0.15) is 26.7 Å². The van der Waals surface area contributed by atoms with E-state index in [0.29, 0.717) is 5.92 Å². The van der Waals surface area contributed by atoms with E-state index in [4.69, 9.17) is 4.74 Å². The van der Waals surface area contributed by atoms with Gasteiger partial charge in [0.15, 0.2) is 0 Å². The molecular formula is C9H17NO2. The van der Waals surface area contributed by atoms with Crippen molar-refractivity contribution in [3.8, 4) is 0 Å². The molecule has 0 saturated carbocycles. The number of carbonyl (C=O) groups excluding carboxylic acids is 1. The first-order valence-corrected chi connectivity index (χ1v) is 4.46. The topological polar surface area (TPSA) is 38.3 Å². The van der Waals surface area contributed by atoms with Crippen molar-refractivity contribution in [3.05, 3.63) is 0 Å². The fourth-order valence-electron chi connectivity index (χ4n) is 1.69. The maximum absolute atomic E-state index is 10.3. The molecule has 1 heterocycles. The van der Waals surface area contributed by atoms with Crippen molar-refractivity contribution in [2.24, 2.45) is 5.92 Å². The lowest BCUT2D eigenvalue weighted by Gasteiger charge is -2.36. The Morgan fingerprint density at radius 2 is 2.00 bits per heavy atom. The molecule has 1 aliphatic rings. The van der Waals surface area contributed by atoms with Crippen LogP contribution in [0.5, 0.6) is 0 Å². The molecule has 1 rings (SSSR count). The van der Waals surface area contributed by atoms with Crippen molar-refractivity contribution < 1.29 is 9.53 Å². The maximum atomic E-state index is 10.3. The second kappa shape index (κ2) is 3.90. The summed E-state index contributed by atoms with van der Waals surface area (Å²) in [5.41, 5.74) is -0.0778. The van der Waals surface area contributed by atoms with E-state index in [0.717, 1.165) is 32.5 Å². The largest absolute Gasteiger partial charge is 0.381 e. The summed E-state index contributed by atoms with van der Waals surface area (Å²) in [7, 11) is 0. The fourth-order valence-corrected chi connectivity index (χ4v) is 1.69. The molecule has 0 aromatic carbocycles. The summed E-state index contributed by atoms with van der Waals surface area (Å²) in [6, 6.07) is 0. The lowest BCUT2D eigenvalue weighted by molar-refractivity contribution is -0.112. The molecule has 0 unspecified atom stereocenters. The summed E-state index contributed by atoms with van der Waals surface area (Å²) in [5, 5.41) is 2.86. The lowest BCUT2D eigenvalue weighted by atomic mass is 9.82. The summed E-state index contributed by atoms with van der Waals surface area (Å²) in [6.07, 6.45) is 2.89. The quantitative estimate of drug-likeness (QED) is 0.642. The van der Waals surface area contributed by atoms with Crippen molar-refractivity contribution in [2.45, 2.75) is 32.2 Å². The third-order valence-corrected chi connectivity index (χ3v) is 2.67. The Morgan fingerprint density at radius 3 is 2.50 bits per heavy atom. The van der Waals surface area contributed by atoms with Crippen LogP contribution < -0.4 is 5.32 Å². The number of nitrogens with one attached hydrogen (secondary N) is 1. The lowest BCUT2D eigenvalue weighted by Crippen LogP contribution is -2.47. The Balaban J connectivity index is 2.47. The van der Waals surface area contributed by atoms with Gasteiger partial charge in [-0.2, -0.15) is 0 Å². The SMILES string of the molecule is CC(C)(NC=O)C1CCOCC1. The normalized spacial score (nSPS) is 20.5. The number of amides is 1. The molecule has 0 aromatic heterocycles.